The highest BCUT2D eigenvalue weighted by atomic mass is 32.2. The minimum atomic E-state index is -0.114. The number of hydrogen-bond donors (Lipinski definition) is 1. The van der Waals surface area contributed by atoms with Crippen molar-refractivity contribution in [3.63, 3.8) is 0 Å². The second-order valence-electron chi connectivity index (χ2n) is 4.69. The molecule has 6 heteroatoms. The first-order valence-corrected chi connectivity index (χ1v) is 7.87. The van der Waals surface area contributed by atoms with Gasteiger partial charge in [-0.05, 0) is 37.3 Å². The van der Waals surface area contributed by atoms with Crippen molar-refractivity contribution in [1.82, 2.24) is 15.0 Å². The summed E-state index contributed by atoms with van der Waals surface area (Å²) in [5.41, 5.74) is 2.43. The van der Waals surface area contributed by atoms with Gasteiger partial charge in [0.15, 0.2) is 0 Å². The summed E-state index contributed by atoms with van der Waals surface area (Å²) in [5, 5.41) is 17.7. The lowest BCUT2D eigenvalue weighted by molar-refractivity contribution is 0.104. The summed E-state index contributed by atoms with van der Waals surface area (Å²) >= 11 is 1.69. The molecule has 0 amide bonds. The number of aliphatic hydroxyl groups is 1. The SMILES string of the molecule is CSc1cccc(-n2nnc(CO)c2C2CCCO2)c1. The highest BCUT2D eigenvalue weighted by Crippen LogP contribution is 2.32. The maximum atomic E-state index is 9.46. The van der Waals surface area contributed by atoms with Crippen molar-refractivity contribution in [3.8, 4) is 5.69 Å². The van der Waals surface area contributed by atoms with Crippen LogP contribution in [0.3, 0.4) is 0 Å². The first-order chi connectivity index (χ1) is 9.83. The van der Waals surface area contributed by atoms with Gasteiger partial charge in [-0.25, -0.2) is 4.68 Å². The molecule has 2 heterocycles. The Morgan fingerprint density at radius 2 is 2.40 bits per heavy atom. The number of aliphatic hydroxyl groups excluding tert-OH is 1. The average molecular weight is 291 g/mol. The van der Waals surface area contributed by atoms with Gasteiger partial charge in [-0.15, -0.1) is 16.9 Å². The fourth-order valence-corrected chi connectivity index (χ4v) is 2.93. The van der Waals surface area contributed by atoms with Crippen molar-refractivity contribution < 1.29 is 9.84 Å². The molecule has 3 rings (SSSR count). The lowest BCUT2D eigenvalue weighted by Gasteiger charge is -2.13. The van der Waals surface area contributed by atoms with Crippen LogP contribution in [0.2, 0.25) is 0 Å². The summed E-state index contributed by atoms with van der Waals surface area (Å²) in [6, 6.07) is 8.12. The fraction of sp³-hybridized carbons (Fsp3) is 0.429. The van der Waals surface area contributed by atoms with Crippen LogP contribution >= 0.6 is 11.8 Å². The van der Waals surface area contributed by atoms with Crippen LogP contribution in [0.4, 0.5) is 0 Å². The van der Waals surface area contributed by atoms with Gasteiger partial charge in [0.05, 0.1) is 18.0 Å². The van der Waals surface area contributed by atoms with Crippen LogP contribution in [0.5, 0.6) is 0 Å². The molecule has 0 saturated carbocycles. The Hall–Kier alpha value is -1.37. The molecule has 0 bridgehead atoms. The van der Waals surface area contributed by atoms with E-state index in [2.05, 4.69) is 22.4 Å². The van der Waals surface area contributed by atoms with E-state index in [0.29, 0.717) is 5.69 Å². The van der Waals surface area contributed by atoms with Crippen molar-refractivity contribution in [2.45, 2.75) is 30.4 Å². The topological polar surface area (TPSA) is 60.2 Å². The molecular formula is C14H17N3O2S. The molecule has 20 heavy (non-hydrogen) atoms. The Balaban J connectivity index is 2.06. The van der Waals surface area contributed by atoms with Gasteiger partial charge >= 0.3 is 0 Å². The van der Waals surface area contributed by atoms with Gasteiger partial charge in [-0.3, -0.25) is 0 Å². The van der Waals surface area contributed by atoms with E-state index in [-0.39, 0.29) is 12.7 Å². The van der Waals surface area contributed by atoms with E-state index >= 15 is 0 Å². The fourth-order valence-electron chi connectivity index (χ4n) is 2.48. The minimum absolute atomic E-state index is 0.0231. The zero-order valence-corrected chi connectivity index (χ0v) is 12.1. The third kappa shape index (κ3) is 2.46. The van der Waals surface area contributed by atoms with Gasteiger partial charge in [-0.2, -0.15) is 0 Å². The molecule has 1 saturated heterocycles. The molecule has 0 radical (unpaired) electrons. The van der Waals surface area contributed by atoms with Crippen LogP contribution in [0.1, 0.15) is 30.3 Å². The van der Waals surface area contributed by atoms with Crippen molar-refractivity contribution in [3.05, 3.63) is 35.7 Å². The van der Waals surface area contributed by atoms with Gasteiger partial charge < -0.3 is 9.84 Å². The van der Waals surface area contributed by atoms with E-state index in [1.807, 2.05) is 18.4 Å². The van der Waals surface area contributed by atoms with Crippen LogP contribution in [0.15, 0.2) is 29.2 Å². The van der Waals surface area contributed by atoms with Crippen LogP contribution < -0.4 is 0 Å². The number of ether oxygens (including phenoxy) is 1. The van der Waals surface area contributed by atoms with Gasteiger partial charge in [0.1, 0.15) is 11.8 Å². The Kier molecular flexibility index (Phi) is 4.05. The highest BCUT2D eigenvalue weighted by Gasteiger charge is 2.26. The van der Waals surface area contributed by atoms with E-state index in [0.717, 1.165) is 30.8 Å². The van der Waals surface area contributed by atoms with Crippen LogP contribution in [-0.2, 0) is 11.3 Å². The zero-order chi connectivity index (χ0) is 13.9. The van der Waals surface area contributed by atoms with Crippen LogP contribution in [0, 0.1) is 0 Å². The average Bonchev–Trinajstić information content (AvgIpc) is 3.15. The maximum Gasteiger partial charge on any atom is 0.114 e. The molecule has 1 aromatic heterocycles. The number of thioether (sulfide) groups is 1. The second kappa shape index (κ2) is 5.95. The lowest BCUT2D eigenvalue weighted by Crippen LogP contribution is -2.09. The van der Waals surface area contributed by atoms with E-state index < -0.39 is 0 Å². The van der Waals surface area contributed by atoms with Crippen molar-refractivity contribution >= 4 is 11.8 Å². The smallest absolute Gasteiger partial charge is 0.114 e. The quantitative estimate of drug-likeness (QED) is 0.876. The summed E-state index contributed by atoms with van der Waals surface area (Å²) < 4.78 is 7.53. The second-order valence-corrected chi connectivity index (χ2v) is 5.57. The molecule has 0 spiro atoms. The first kappa shape index (κ1) is 13.6. The van der Waals surface area contributed by atoms with Gasteiger partial charge in [0, 0.05) is 11.5 Å². The van der Waals surface area contributed by atoms with E-state index in [1.165, 1.54) is 4.90 Å². The normalized spacial score (nSPS) is 18.6. The zero-order valence-electron chi connectivity index (χ0n) is 11.3. The molecule has 1 atom stereocenters. The van der Waals surface area contributed by atoms with Crippen LogP contribution in [-0.4, -0.2) is 33.0 Å². The lowest BCUT2D eigenvalue weighted by atomic mass is 10.1. The molecule has 1 aromatic carbocycles. The first-order valence-electron chi connectivity index (χ1n) is 6.65. The third-order valence-corrected chi connectivity index (χ3v) is 4.19. The standard InChI is InChI=1S/C14H17N3O2S/c1-20-11-5-2-4-10(8-11)17-14(12(9-18)15-16-17)13-6-3-7-19-13/h2,4-5,8,13,18H,3,6-7,9H2,1H3. The van der Waals surface area contributed by atoms with Crippen molar-refractivity contribution in [1.29, 1.82) is 0 Å². The van der Waals surface area contributed by atoms with Gasteiger partial charge in [-0.1, -0.05) is 11.3 Å². The number of benzene rings is 1. The Morgan fingerprint density at radius 1 is 1.50 bits per heavy atom. The van der Waals surface area contributed by atoms with Crippen LogP contribution in [0.25, 0.3) is 5.69 Å². The number of aromatic nitrogens is 3. The van der Waals surface area contributed by atoms with E-state index in [9.17, 15) is 5.11 Å². The molecule has 1 aliphatic heterocycles. The third-order valence-electron chi connectivity index (χ3n) is 3.46. The van der Waals surface area contributed by atoms with Gasteiger partial charge in [0.2, 0.25) is 0 Å². The largest absolute Gasteiger partial charge is 0.390 e. The molecule has 1 aliphatic rings. The molecule has 2 aromatic rings. The summed E-state index contributed by atoms with van der Waals surface area (Å²) in [6.07, 6.45) is 4.00. The highest BCUT2D eigenvalue weighted by molar-refractivity contribution is 7.98. The molecule has 1 N–H and O–H groups in total. The summed E-state index contributed by atoms with van der Waals surface area (Å²) in [7, 11) is 0. The predicted molar refractivity (Wildman–Crippen MR) is 77.0 cm³/mol. The number of rotatable bonds is 4. The van der Waals surface area contributed by atoms with Crippen molar-refractivity contribution in [2.75, 3.05) is 12.9 Å². The summed E-state index contributed by atoms with van der Waals surface area (Å²) in [5.74, 6) is 0. The molecule has 106 valence electrons. The number of nitrogens with zero attached hydrogens (tertiary/aromatic N) is 3. The monoisotopic (exact) mass is 291 g/mol. The van der Waals surface area contributed by atoms with Crippen molar-refractivity contribution in [2.24, 2.45) is 0 Å². The molecule has 0 aliphatic carbocycles. The Bertz CT molecular complexity index is 594. The van der Waals surface area contributed by atoms with E-state index in [1.54, 1.807) is 16.4 Å². The Morgan fingerprint density at radius 3 is 3.10 bits per heavy atom. The number of hydrogen-bond acceptors (Lipinski definition) is 5. The summed E-state index contributed by atoms with van der Waals surface area (Å²) in [6.45, 7) is 0.642. The molecule has 1 unspecified atom stereocenters. The minimum Gasteiger partial charge on any atom is -0.390 e. The molecular weight excluding hydrogens is 274 g/mol. The van der Waals surface area contributed by atoms with Gasteiger partial charge in [0.25, 0.3) is 0 Å². The Labute approximate surface area is 121 Å². The van der Waals surface area contributed by atoms with E-state index in [4.69, 9.17) is 4.74 Å². The summed E-state index contributed by atoms with van der Waals surface area (Å²) in [4.78, 5) is 1.17. The predicted octanol–water partition coefficient (Wildman–Crippen LogP) is 2.33. The molecule has 5 nitrogen and oxygen atoms in total. The maximum absolute atomic E-state index is 9.46. The molecule has 1 fully saturated rings.